The maximum atomic E-state index is 12.1. The minimum Gasteiger partial charge on any atom is -0.466 e. The highest BCUT2D eigenvalue weighted by atomic mass is 16.4. The van der Waals surface area contributed by atoms with Crippen LogP contribution in [0.2, 0.25) is 0 Å². The molecule has 1 aromatic carbocycles. The summed E-state index contributed by atoms with van der Waals surface area (Å²) in [4.78, 5) is 12.1. The van der Waals surface area contributed by atoms with Crippen LogP contribution in [0.25, 0.3) is 5.69 Å². The monoisotopic (exact) mass is 325 g/mol. The molecule has 1 unspecified atom stereocenters. The third-order valence-electron chi connectivity index (χ3n) is 3.75. The summed E-state index contributed by atoms with van der Waals surface area (Å²) in [6.07, 6.45) is 5.31. The SMILES string of the molecule is CC(O)(CNC(=O)Cc1ccc(-n2cccn2)cc1)c1ccco1. The van der Waals surface area contributed by atoms with E-state index in [4.69, 9.17) is 4.42 Å². The Balaban J connectivity index is 1.55. The summed E-state index contributed by atoms with van der Waals surface area (Å²) in [7, 11) is 0. The van der Waals surface area contributed by atoms with E-state index in [1.54, 1.807) is 29.9 Å². The van der Waals surface area contributed by atoms with Crippen LogP contribution in [0.15, 0.2) is 65.5 Å². The highest BCUT2D eigenvalue weighted by Crippen LogP contribution is 2.19. The summed E-state index contributed by atoms with van der Waals surface area (Å²) < 4.78 is 6.94. The van der Waals surface area contributed by atoms with Crippen LogP contribution in [0.1, 0.15) is 18.2 Å². The van der Waals surface area contributed by atoms with Crippen molar-refractivity contribution < 1.29 is 14.3 Å². The standard InChI is InChI=1S/C18H19N3O3/c1-18(23,16-4-2-11-24-16)13-19-17(22)12-14-5-7-15(8-6-14)21-10-3-9-20-21/h2-11,23H,12-13H2,1H3,(H,19,22). The van der Waals surface area contributed by atoms with Gasteiger partial charge in [-0.05, 0) is 42.8 Å². The number of amides is 1. The molecule has 1 amide bonds. The number of carbonyl (C=O) groups excluding carboxylic acids is 1. The van der Waals surface area contributed by atoms with Gasteiger partial charge in [-0.1, -0.05) is 12.1 Å². The number of benzene rings is 1. The van der Waals surface area contributed by atoms with Crippen molar-refractivity contribution in [2.24, 2.45) is 0 Å². The molecule has 2 aromatic heterocycles. The van der Waals surface area contributed by atoms with E-state index in [1.165, 1.54) is 6.26 Å². The van der Waals surface area contributed by atoms with Crippen LogP contribution in [0, 0.1) is 0 Å². The van der Waals surface area contributed by atoms with Crippen molar-refractivity contribution in [3.05, 3.63) is 72.4 Å². The van der Waals surface area contributed by atoms with Crippen LogP contribution in [0.4, 0.5) is 0 Å². The molecule has 3 rings (SSSR count). The fourth-order valence-corrected chi connectivity index (χ4v) is 2.38. The van der Waals surface area contributed by atoms with Crippen LogP contribution >= 0.6 is 0 Å². The van der Waals surface area contributed by atoms with E-state index >= 15 is 0 Å². The second-order valence-electron chi connectivity index (χ2n) is 5.82. The summed E-state index contributed by atoms with van der Waals surface area (Å²) >= 11 is 0. The van der Waals surface area contributed by atoms with E-state index in [0.717, 1.165) is 11.3 Å². The lowest BCUT2D eigenvalue weighted by Gasteiger charge is -2.21. The van der Waals surface area contributed by atoms with Crippen molar-refractivity contribution in [1.82, 2.24) is 15.1 Å². The van der Waals surface area contributed by atoms with Gasteiger partial charge in [0, 0.05) is 12.4 Å². The second kappa shape index (κ2) is 6.72. The largest absolute Gasteiger partial charge is 0.466 e. The van der Waals surface area contributed by atoms with E-state index < -0.39 is 5.60 Å². The van der Waals surface area contributed by atoms with Gasteiger partial charge in [0.2, 0.25) is 5.91 Å². The van der Waals surface area contributed by atoms with Gasteiger partial charge in [0.1, 0.15) is 11.4 Å². The molecule has 1 atom stereocenters. The average molecular weight is 325 g/mol. The molecule has 0 aliphatic carbocycles. The molecule has 0 bridgehead atoms. The zero-order valence-electron chi connectivity index (χ0n) is 13.3. The lowest BCUT2D eigenvalue weighted by atomic mass is 10.0. The molecule has 0 fully saturated rings. The Labute approximate surface area is 139 Å². The number of furan rings is 1. The van der Waals surface area contributed by atoms with E-state index in [1.807, 2.05) is 36.5 Å². The predicted octanol–water partition coefficient (Wildman–Crippen LogP) is 2.03. The molecule has 24 heavy (non-hydrogen) atoms. The van der Waals surface area contributed by atoms with E-state index in [2.05, 4.69) is 10.4 Å². The van der Waals surface area contributed by atoms with Crippen LogP contribution in [0.3, 0.4) is 0 Å². The van der Waals surface area contributed by atoms with Crippen LogP contribution in [-0.4, -0.2) is 27.3 Å². The topological polar surface area (TPSA) is 80.3 Å². The zero-order chi connectivity index (χ0) is 17.0. The lowest BCUT2D eigenvalue weighted by Crippen LogP contribution is -2.39. The third-order valence-corrected chi connectivity index (χ3v) is 3.75. The molecular weight excluding hydrogens is 306 g/mol. The molecular formula is C18H19N3O3. The molecule has 124 valence electrons. The average Bonchev–Trinajstić information content (AvgIpc) is 3.27. The van der Waals surface area contributed by atoms with Gasteiger partial charge in [-0.15, -0.1) is 0 Å². The molecule has 2 N–H and O–H groups in total. The number of aromatic nitrogens is 2. The summed E-state index contributed by atoms with van der Waals surface area (Å²) in [5, 5.41) is 17.2. The number of nitrogens with zero attached hydrogens (tertiary/aromatic N) is 2. The molecule has 0 radical (unpaired) electrons. The highest BCUT2D eigenvalue weighted by molar-refractivity contribution is 5.78. The Hall–Kier alpha value is -2.86. The third kappa shape index (κ3) is 3.72. The normalized spacial score (nSPS) is 13.4. The minimum absolute atomic E-state index is 0.0880. The van der Waals surface area contributed by atoms with Gasteiger partial charge in [0.25, 0.3) is 0 Å². The van der Waals surface area contributed by atoms with Crippen molar-refractivity contribution in [3.8, 4) is 5.69 Å². The molecule has 0 spiro atoms. The van der Waals surface area contributed by atoms with Gasteiger partial charge in [-0.25, -0.2) is 4.68 Å². The minimum atomic E-state index is -1.23. The number of carbonyl (C=O) groups is 1. The number of hydrogen-bond acceptors (Lipinski definition) is 4. The Morgan fingerprint density at radius 2 is 2.08 bits per heavy atom. The smallest absolute Gasteiger partial charge is 0.224 e. The van der Waals surface area contributed by atoms with Crippen LogP contribution in [0.5, 0.6) is 0 Å². The van der Waals surface area contributed by atoms with Crippen molar-refractivity contribution >= 4 is 5.91 Å². The summed E-state index contributed by atoms with van der Waals surface area (Å²) in [6.45, 7) is 1.69. The first-order valence-electron chi connectivity index (χ1n) is 7.67. The van der Waals surface area contributed by atoms with Crippen molar-refractivity contribution in [3.63, 3.8) is 0 Å². The fraction of sp³-hybridized carbons (Fsp3) is 0.222. The highest BCUT2D eigenvalue weighted by Gasteiger charge is 2.26. The van der Waals surface area contributed by atoms with Gasteiger partial charge in [0.15, 0.2) is 0 Å². The number of hydrogen-bond donors (Lipinski definition) is 2. The first-order valence-corrected chi connectivity index (χ1v) is 7.67. The molecule has 6 nitrogen and oxygen atoms in total. The van der Waals surface area contributed by atoms with Crippen molar-refractivity contribution in [2.75, 3.05) is 6.54 Å². The zero-order valence-corrected chi connectivity index (χ0v) is 13.3. The summed E-state index contributed by atoms with van der Waals surface area (Å²) in [5.74, 6) is 0.264. The van der Waals surface area contributed by atoms with Crippen molar-refractivity contribution in [2.45, 2.75) is 18.9 Å². The molecule has 0 saturated carbocycles. The Morgan fingerprint density at radius 3 is 2.71 bits per heavy atom. The molecule has 0 saturated heterocycles. The Kier molecular flexibility index (Phi) is 4.48. The van der Waals surface area contributed by atoms with Gasteiger partial charge in [0.05, 0.1) is 24.9 Å². The first-order chi connectivity index (χ1) is 11.5. The maximum Gasteiger partial charge on any atom is 0.224 e. The second-order valence-corrected chi connectivity index (χ2v) is 5.82. The quantitative estimate of drug-likeness (QED) is 0.727. The van der Waals surface area contributed by atoms with E-state index in [0.29, 0.717) is 5.76 Å². The molecule has 2 heterocycles. The summed E-state index contributed by atoms with van der Waals surface area (Å²) in [6, 6.07) is 12.8. The molecule has 3 aromatic rings. The lowest BCUT2D eigenvalue weighted by molar-refractivity contribution is -0.121. The van der Waals surface area contributed by atoms with Gasteiger partial charge in [-0.3, -0.25) is 4.79 Å². The van der Waals surface area contributed by atoms with Gasteiger partial charge in [-0.2, -0.15) is 5.10 Å². The molecule has 0 aliphatic rings. The number of nitrogens with one attached hydrogen (secondary N) is 1. The Morgan fingerprint density at radius 1 is 1.29 bits per heavy atom. The van der Waals surface area contributed by atoms with E-state index in [-0.39, 0.29) is 18.9 Å². The van der Waals surface area contributed by atoms with Crippen LogP contribution < -0.4 is 5.32 Å². The first kappa shape index (κ1) is 16.0. The van der Waals surface area contributed by atoms with E-state index in [9.17, 15) is 9.90 Å². The Bertz CT molecular complexity index is 776. The fourth-order valence-electron chi connectivity index (χ4n) is 2.38. The molecule has 6 heteroatoms. The van der Waals surface area contributed by atoms with Gasteiger partial charge < -0.3 is 14.8 Å². The molecule has 0 aliphatic heterocycles. The number of rotatable bonds is 6. The predicted molar refractivity (Wildman–Crippen MR) is 88.6 cm³/mol. The summed E-state index contributed by atoms with van der Waals surface area (Å²) in [5.41, 5.74) is 0.592. The number of aliphatic hydroxyl groups is 1. The van der Waals surface area contributed by atoms with Gasteiger partial charge >= 0.3 is 0 Å². The van der Waals surface area contributed by atoms with Crippen LogP contribution in [-0.2, 0) is 16.8 Å². The van der Waals surface area contributed by atoms with Crippen molar-refractivity contribution in [1.29, 1.82) is 0 Å². The maximum absolute atomic E-state index is 12.1.